The minimum atomic E-state index is -3.73. The molecule has 0 aliphatic heterocycles. The maximum Gasteiger partial charge on any atom is 0.285 e. The van der Waals surface area contributed by atoms with Crippen LogP contribution in [-0.4, -0.2) is 13.0 Å². The number of hydrogen-bond acceptors (Lipinski definition) is 3. The molecule has 0 bridgehead atoms. The van der Waals surface area contributed by atoms with Crippen molar-refractivity contribution >= 4 is 21.4 Å². The van der Waals surface area contributed by atoms with Crippen LogP contribution in [0.15, 0.2) is 63.9 Å². The predicted octanol–water partition coefficient (Wildman–Crippen LogP) is 3.91. The Morgan fingerprint density at radius 2 is 1.68 bits per heavy atom. The molecule has 3 rings (SSSR count). The molecule has 0 fully saturated rings. The zero-order valence-corrected chi connectivity index (χ0v) is 16.1. The van der Waals surface area contributed by atoms with Gasteiger partial charge in [-0.1, -0.05) is 55.0 Å². The van der Waals surface area contributed by atoms with Crippen molar-refractivity contribution in [1.82, 2.24) is 4.57 Å². The molecule has 25 heavy (non-hydrogen) atoms. The molecule has 4 nitrogen and oxygen atoms in total. The van der Waals surface area contributed by atoms with Gasteiger partial charge >= 0.3 is 0 Å². The molecule has 0 atom stereocenters. The summed E-state index contributed by atoms with van der Waals surface area (Å²) in [5.41, 5.74) is 3.10. The van der Waals surface area contributed by atoms with Crippen LogP contribution in [0, 0.1) is 6.92 Å². The number of aryl methyl sites for hydroxylation is 2. The van der Waals surface area contributed by atoms with Crippen LogP contribution < -0.4 is 4.80 Å². The second kappa shape index (κ2) is 6.98. The van der Waals surface area contributed by atoms with Crippen molar-refractivity contribution in [2.45, 2.75) is 25.2 Å². The van der Waals surface area contributed by atoms with Gasteiger partial charge in [-0.3, -0.25) is 0 Å². The standard InChI is InChI=1S/C19H20N2O2S2/c1-4-17-18(15-8-6-5-7-9-15)21(3)19(24-17)20-25(22,23)16-12-10-14(2)11-13-16/h5-13H,4H2,1-3H3. The van der Waals surface area contributed by atoms with Crippen molar-refractivity contribution in [2.24, 2.45) is 11.4 Å². The van der Waals surface area contributed by atoms with E-state index in [1.807, 2.05) is 48.9 Å². The molecular weight excluding hydrogens is 352 g/mol. The summed E-state index contributed by atoms with van der Waals surface area (Å²) in [6.45, 7) is 3.99. The van der Waals surface area contributed by atoms with Crippen LogP contribution in [-0.2, 0) is 23.5 Å². The summed E-state index contributed by atoms with van der Waals surface area (Å²) in [6.07, 6.45) is 0.822. The van der Waals surface area contributed by atoms with Gasteiger partial charge in [0, 0.05) is 11.9 Å². The molecule has 0 saturated heterocycles. The van der Waals surface area contributed by atoms with E-state index in [2.05, 4.69) is 11.3 Å². The number of thiazole rings is 1. The first-order valence-electron chi connectivity index (χ1n) is 8.04. The second-order valence-corrected chi connectivity index (χ2v) is 8.48. The van der Waals surface area contributed by atoms with Crippen molar-refractivity contribution in [3.05, 3.63) is 69.8 Å². The number of rotatable bonds is 4. The zero-order valence-electron chi connectivity index (χ0n) is 14.4. The van der Waals surface area contributed by atoms with E-state index in [1.54, 1.807) is 24.3 Å². The molecule has 1 heterocycles. The van der Waals surface area contributed by atoms with Gasteiger partial charge in [0.25, 0.3) is 10.0 Å². The van der Waals surface area contributed by atoms with Crippen LogP contribution >= 0.6 is 11.3 Å². The fourth-order valence-electron chi connectivity index (χ4n) is 2.65. The average Bonchev–Trinajstić information content (AvgIpc) is 2.91. The fraction of sp³-hybridized carbons (Fsp3) is 0.211. The van der Waals surface area contributed by atoms with E-state index in [0.29, 0.717) is 4.80 Å². The predicted molar refractivity (Wildman–Crippen MR) is 102 cm³/mol. The van der Waals surface area contributed by atoms with Crippen LogP contribution in [0.25, 0.3) is 11.3 Å². The molecule has 1 aromatic heterocycles. The molecule has 0 spiro atoms. The van der Waals surface area contributed by atoms with Crippen LogP contribution in [0.5, 0.6) is 0 Å². The first-order chi connectivity index (χ1) is 11.9. The first-order valence-corrected chi connectivity index (χ1v) is 10.3. The molecule has 0 saturated carbocycles. The number of aromatic nitrogens is 1. The van der Waals surface area contributed by atoms with E-state index in [4.69, 9.17) is 0 Å². The van der Waals surface area contributed by atoms with Gasteiger partial charge in [-0.25, -0.2) is 0 Å². The lowest BCUT2D eigenvalue weighted by atomic mass is 10.1. The van der Waals surface area contributed by atoms with Crippen molar-refractivity contribution in [2.75, 3.05) is 0 Å². The molecule has 3 aromatic rings. The molecule has 0 amide bonds. The minimum Gasteiger partial charge on any atom is -0.319 e. The monoisotopic (exact) mass is 372 g/mol. The molecule has 0 radical (unpaired) electrons. The molecule has 0 unspecified atom stereocenters. The summed E-state index contributed by atoms with van der Waals surface area (Å²) in [7, 11) is -1.87. The summed E-state index contributed by atoms with van der Waals surface area (Å²) in [6, 6.07) is 16.7. The van der Waals surface area contributed by atoms with Crippen LogP contribution in [0.1, 0.15) is 17.4 Å². The average molecular weight is 373 g/mol. The van der Waals surface area contributed by atoms with Crippen LogP contribution in [0.4, 0.5) is 0 Å². The SMILES string of the molecule is CCc1sc(=NS(=O)(=O)c2ccc(C)cc2)n(C)c1-c1ccccc1. The van der Waals surface area contributed by atoms with Gasteiger partial charge in [0.2, 0.25) is 4.80 Å². The van der Waals surface area contributed by atoms with E-state index in [1.165, 1.54) is 11.3 Å². The summed E-state index contributed by atoms with van der Waals surface area (Å²) in [5.74, 6) is 0. The lowest BCUT2D eigenvalue weighted by Gasteiger charge is -2.05. The Kier molecular flexibility index (Phi) is 4.92. The smallest absolute Gasteiger partial charge is 0.285 e. The highest BCUT2D eigenvalue weighted by Gasteiger charge is 2.16. The first kappa shape index (κ1) is 17.6. The van der Waals surface area contributed by atoms with E-state index in [0.717, 1.165) is 28.1 Å². The zero-order chi connectivity index (χ0) is 18.0. The maximum atomic E-state index is 12.6. The van der Waals surface area contributed by atoms with Gasteiger partial charge in [0.15, 0.2) is 0 Å². The molecule has 0 N–H and O–H groups in total. The molecule has 6 heteroatoms. The Bertz CT molecular complexity index is 1050. The molecule has 0 aliphatic rings. The van der Waals surface area contributed by atoms with Gasteiger partial charge in [0.1, 0.15) is 0 Å². The topological polar surface area (TPSA) is 51.4 Å². The number of sulfonamides is 1. The van der Waals surface area contributed by atoms with Gasteiger partial charge in [-0.2, -0.15) is 8.42 Å². The Morgan fingerprint density at radius 3 is 2.28 bits per heavy atom. The summed E-state index contributed by atoms with van der Waals surface area (Å²) < 4.78 is 31.2. The van der Waals surface area contributed by atoms with Gasteiger partial charge in [-0.15, -0.1) is 15.7 Å². The Morgan fingerprint density at radius 1 is 1.04 bits per heavy atom. The molecule has 130 valence electrons. The number of hydrogen-bond donors (Lipinski definition) is 0. The van der Waals surface area contributed by atoms with E-state index in [-0.39, 0.29) is 4.90 Å². The summed E-state index contributed by atoms with van der Waals surface area (Å²) in [5, 5.41) is 0. The third-order valence-corrected chi connectivity index (χ3v) is 6.66. The van der Waals surface area contributed by atoms with Crippen molar-refractivity contribution in [3.63, 3.8) is 0 Å². The lowest BCUT2D eigenvalue weighted by molar-refractivity contribution is 0.596. The van der Waals surface area contributed by atoms with E-state index >= 15 is 0 Å². The Labute approximate surface area is 152 Å². The highest BCUT2D eigenvalue weighted by Crippen LogP contribution is 2.25. The molecular formula is C19H20N2O2S2. The van der Waals surface area contributed by atoms with Crippen molar-refractivity contribution in [3.8, 4) is 11.3 Å². The third-order valence-electron chi connectivity index (χ3n) is 3.99. The largest absolute Gasteiger partial charge is 0.319 e. The second-order valence-electron chi connectivity index (χ2n) is 5.81. The van der Waals surface area contributed by atoms with Crippen LogP contribution in [0.2, 0.25) is 0 Å². The van der Waals surface area contributed by atoms with Gasteiger partial charge in [-0.05, 0) is 31.0 Å². The van der Waals surface area contributed by atoms with E-state index in [9.17, 15) is 8.42 Å². The normalized spacial score (nSPS) is 12.5. The summed E-state index contributed by atoms with van der Waals surface area (Å²) >= 11 is 1.42. The molecule has 2 aromatic carbocycles. The highest BCUT2D eigenvalue weighted by atomic mass is 32.2. The Hall–Kier alpha value is -2.18. The Balaban J connectivity index is 2.16. The quantitative estimate of drug-likeness (QED) is 0.697. The molecule has 0 aliphatic carbocycles. The fourth-order valence-corrected chi connectivity index (χ4v) is 4.95. The van der Waals surface area contributed by atoms with Crippen LogP contribution in [0.3, 0.4) is 0 Å². The minimum absolute atomic E-state index is 0.214. The van der Waals surface area contributed by atoms with E-state index < -0.39 is 10.0 Å². The number of benzene rings is 2. The third kappa shape index (κ3) is 3.60. The lowest BCUT2D eigenvalue weighted by Crippen LogP contribution is -2.14. The van der Waals surface area contributed by atoms with Gasteiger partial charge in [0.05, 0.1) is 10.6 Å². The maximum absolute atomic E-state index is 12.6. The summed E-state index contributed by atoms with van der Waals surface area (Å²) in [4.78, 5) is 1.81. The number of nitrogens with zero attached hydrogens (tertiary/aromatic N) is 2. The van der Waals surface area contributed by atoms with Gasteiger partial charge < -0.3 is 4.57 Å². The van der Waals surface area contributed by atoms with Crippen molar-refractivity contribution < 1.29 is 8.42 Å². The van der Waals surface area contributed by atoms with Crippen molar-refractivity contribution in [1.29, 1.82) is 0 Å². The highest BCUT2D eigenvalue weighted by molar-refractivity contribution is 7.90.